The van der Waals surface area contributed by atoms with E-state index in [1.54, 1.807) is 0 Å². The van der Waals surface area contributed by atoms with E-state index in [4.69, 9.17) is 0 Å². The number of unbranched alkanes of at least 4 members (excludes halogenated alkanes) is 14. The molecule has 0 aromatic heterocycles. The molecule has 27 heavy (non-hydrogen) atoms. The van der Waals surface area contributed by atoms with Crippen molar-refractivity contribution in [3.05, 3.63) is 42.3 Å². The highest BCUT2D eigenvalue weighted by Crippen LogP contribution is 2.31. The molecule has 0 heterocycles. The first-order valence-electron chi connectivity index (χ1n) is 12.0. The van der Waals surface area contributed by atoms with Crippen molar-refractivity contribution in [2.24, 2.45) is 0 Å². The van der Waals surface area contributed by atoms with Crippen LogP contribution in [0.1, 0.15) is 135 Å². The molecule has 0 saturated heterocycles. The second-order valence-corrected chi connectivity index (χ2v) is 9.24. The fourth-order valence-corrected chi connectivity index (χ4v) is 4.25. The Balaban J connectivity index is 1.91. The molecule has 0 N–H and O–H groups in total. The van der Waals surface area contributed by atoms with Crippen molar-refractivity contribution < 1.29 is 0 Å². The maximum atomic E-state index is 4.21. The van der Waals surface area contributed by atoms with Crippen molar-refractivity contribution in [3.63, 3.8) is 0 Å². The normalized spacial score (nSPS) is 11.9. The Bertz CT molecular complexity index is 457. The summed E-state index contributed by atoms with van der Waals surface area (Å²) in [6, 6.07) is 8.64. The van der Waals surface area contributed by atoms with E-state index in [1.165, 1.54) is 114 Å². The minimum Gasteiger partial charge on any atom is -0.0654 e. The molecule has 0 bridgehead atoms. The summed E-state index contributed by atoms with van der Waals surface area (Å²) in [5.74, 6) is 0. The molecule has 1 radical (unpaired) electrons. The van der Waals surface area contributed by atoms with Crippen LogP contribution in [0.4, 0.5) is 0 Å². The molecule has 0 saturated carbocycles. The predicted molar refractivity (Wildman–Crippen MR) is 123 cm³/mol. The SMILES string of the molecule is [CH2]c1ccccc1C(C)(C)CCCCCCCCCCCCCCCCC. The Kier molecular flexibility index (Phi) is 13.6. The van der Waals surface area contributed by atoms with Crippen LogP contribution < -0.4 is 0 Å². The van der Waals surface area contributed by atoms with Gasteiger partial charge in [-0.2, -0.15) is 0 Å². The van der Waals surface area contributed by atoms with Crippen molar-refractivity contribution in [2.45, 2.75) is 129 Å². The van der Waals surface area contributed by atoms with Crippen molar-refractivity contribution in [3.8, 4) is 0 Å². The molecular weight excluding hydrogens is 324 g/mol. The summed E-state index contributed by atoms with van der Waals surface area (Å²) in [6.07, 6.45) is 22.8. The van der Waals surface area contributed by atoms with Crippen LogP contribution in [0.3, 0.4) is 0 Å². The second kappa shape index (κ2) is 15.2. The average Bonchev–Trinajstić information content (AvgIpc) is 2.65. The Hall–Kier alpha value is -0.780. The molecule has 0 nitrogen and oxygen atoms in total. The van der Waals surface area contributed by atoms with Gasteiger partial charge >= 0.3 is 0 Å². The summed E-state index contributed by atoms with van der Waals surface area (Å²) in [6.45, 7) is 11.3. The molecule has 0 aliphatic rings. The molecule has 1 aromatic rings. The zero-order valence-electron chi connectivity index (χ0n) is 18.8. The minimum atomic E-state index is 0.259. The Morgan fingerprint density at radius 2 is 1.04 bits per heavy atom. The van der Waals surface area contributed by atoms with Crippen LogP contribution in [-0.2, 0) is 5.41 Å². The van der Waals surface area contributed by atoms with Gasteiger partial charge in [0.15, 0.2) is 0 Å². The standard InChI is InChI=1S/C27H47/c1-5-6-7-8-9-10-11-12-13-14-15-16-17-18-21-24-27(3,4)26-23-20-19-22-25(26)2/h19-20,22-23H,2,5-18,21,24H2,1,3-4H3. The van der Waals surface area contributed by atoms with Crippen molar-refractivity contribution in [2.75, 3.05) is 0 Å². The molecule has 0 heteroatoms. The molecule has 1 aromatic carbocycles. The van der Waals surface area contributed by atoms with E-state index in [1.807, 2.05) is 0 Å². The van der Waals surface area contributed by atoms with Gasteiger partial charge in [-0.25, -0.2) is 0 Å². The summed E-state index contributed by atoms with van der Waals surface area (Å²) < 4.78 is 0. The van der Waals surface area contributed by atoms with Gasteiger partial charge in [0, 0.05) is 0 Å². The maximum absolute atomic E-state index is 4.21. The Morgan fingerprint density at radius 3 is 1.48 bits per heavy atom. The lowest BCUT2D eigenvalue weighted by atomic mass is 9.78. The van der Waals surface area contributed by atoms with E-state index < -0.39 is 0 Å². The van der Waals surface area contributed by atoms with E-state index >= 15 is 0 Å². The lowest BCUT2D eigenvalue weighted by molar-refractivity contribution is 0.440. The Labute approximate surface area is 171 Å². The molecule has 0 fully saturated rings. The molecule has 0 atom stereocenters. The molecule has 0 aliphatic carbocycles. The van der Waals surface area contributed by atoms with Gasteiger partial charge in [0.1, 0.15) is 0 Å². The van der Waals surface area contributed by atoms with Crippen LogP contribution in [0, 0.1) is 6.92 Å². The van der Waals surface area contributed by atoms with Crippen LogP contribution in [-0.4, -0.2) is 0 Å². The van der Waals surface area contributed by atoms with Crippen molar-refractivity contribution in [1.82, 2.24) is 0 Å². The zero-order chi connectivity index (χ0) is 19.8. The van der Waals surface area contributed by atoms with Gasteiger partial charge in [0.05, 0.1) is 0 Å². The van der Waals surface area contributed by atoms with Gasteiger partial charge in [-0.3, -0.25) is 0 Å². The third-order valence-corrected chi connectivity index (χ3v) is 6.15. The summed E-state index contributed by atoms with van der Waals surface area (Å²) in [7, 11) is 0. The summed E-state index contributed by atoms with van der Waals surface area (Å²) in [5.41, 5.74) is 2.88. The van der Waals surface area contributed by atoms with Crippen LogP contribution in [0.25, 0.3) is 0 Å². The van der Waals surface area contributed by atoms with Crippen molar-refractivity contribution >= 4 is 0 Å². The van der Waals surface area contributed by atoms with E-state index in [9.17, 15) is 0 Å². The molecule has 1 rings (SSSR count). The van der Waals surface area contributed by atoms with Crippen LogP contribution in [0.2, 0.25) is 0 Å². The molecule has 155 valence electrons. The molecule has 0 spiro atoms. The quantitative estimate of drug-likeness (QED) is 0.239. The molecule has 0 unspecified atom stereocenters. The average molecular weight is 372 g/mol. The number of hydrogen-bond acceptors (Lipinski definition) is 0. The molecule has 0 aliphatic heterocycles. The fourth-order valence-electron chi connectivity index (χ4n) is 4.25. The second-order valence-electron chi connectivity index (χ2n) is 9.24. The van der Waals surface area contributed by atoms with Gasteiger partial charge in [-0.15, -0.1) is 0 Å². The highest BCUT2D eigenvalue weighted by Gasteiger charge is 2.21. The first-order chi connectivity index (χ1) is 13.1. The van der Waals surface area contributed by atoms with Gasteiger partial charge in [-0.1, -0.05) is 141 Å². The zero-order valence-corrected chi connectivity index (χ0v) is 18.8. The highest BCUT2D eigenvalue weighted by molar-refractivity contribution is 5.35. The van der Waals surface area contributed by atoms with Gasteiger partial charge in [-0.05, 0) is 29.9 Å². The van der Waals surface area contributed by atoms with Crippen LogP contribution in [0.5, 0.6) is 0 Å². The van der Waals surface area contributed by atoms with E-state index in [0.717, 1.165) is 0 Å². The lowest BCUT2D eigenvalue weighted by Gasteiger charge is -2.27. The molecule has 0 amide bonds. The fraction of sp³-hybridized carbons (Fsp3) is 0.741. The largest absolute Gasteiger partial charge is 0.0654 e. The summed E-state index contributed by atoms with van der Waals surface area (Å²) in [5, 5.41) is 0. The van der Waals surface area contributed by atoms with Gasteiger partial charge in [0.2, 0.25) is 0 Å². The third kappa shape index (κ3) is 11.6. The lowest BCUT2D eigenvalue weighted by Crippen LogP contribution is -2.18. The van der Waals surface area contributed by atoms with Crippen LogP contribution >= 0.6 is 0 Å². The summed E-state index contributed by atoms with van der Waals surface area (Å²) >= 11 is 0. The van der Waals surface area contributed by atoms with Gasteiger partial charge in [0.25, 0.3) is 0 Å². The predicted octanol–water partition coefficient (Wildman–Crippen LogP) is 9.41. The number of hydrogen-bond donors (Lipinski definition) is 0. The highest BCUT2D eigenvalue weighted by atomic mass is 14.3. The smallest absolute Gasteiger partial charge is 0.0101 e. The topological polar surface area (TPSA) is 0 Å². The summed E-state index contributed by atoms with van der Waals surface area (Å²) in [4.78, 5) is 0. The maximum Gasteiger partial charge on any atom is -0.0101 e. The minimum absolute atomic E-state index is 0.259. The third-order valence-electron chi connectivity index (χ3n) is 6.15. The number of benzene rings is 1. The van der Waals surface area contributed by atoms with Crippen molar-refractivity contribution in [1.29, 1.82) is 0 Å². The van der Waals surface area contributed by atoms with E-state index in [2.05, 4.69) is 52.0 Å². The monoisotopic (exact) mass is 371 g/mol. The van der Waals surface area contributed by atoms with E-state index in [-0.39, 0.29) is 5.41 Å². The van der Waals surface area contributed by atoms with Gasteiger partial charge < -0.3 is 0 Å². The van der Waals surface area contributed by atoms with Crippen LogP contribution in [0.15, 0.2) is 24.3 Å². The first kappa shape index (κ1) is 24.3. The van der Waals surface area contributed by atoms with E-state index in [0.29, 0.717) is 0 Å². The first-order valence-corrected chi connectivity index (χ1v) is 12.0. The Morgan fingerprint density at radius 1 is 0.630 bits per heavy atom. The molecular formula is C27H47. The number of rotatable bonds is 17.